The molecule has 0 fully saturated rings. The van der Waals surface area contributed by atoms with Crippen molar-refractivity contribution in [3.8, 4) is 0 Å². The molecule has 0 saturated carbocycles. The number of thiazole rings is 1. The van der Waals surface area contributed by atoms with Crippen LogP contribution in [0.2, 0.25) is 0 Å². The van der Waals surface area contributed by atoms with Crippen molar-refractivity contribution in [2.24, 2.45) is 0 Å². The summed E-state index contributed by atoms with van der Waals surface area (Å²) in [7, 11) is 0. The molecule has 130 valence electrons. The third-order valence-corrected chi connectivity index (χ3v) is 6.14. The van der Waals surface area contributed by atoms with Crippen molar-refractivity contribution in [2.45, 2.75) is 19.9 Å². The number of hydrogen-bond acceptors (Lipinski definition) is 4. The summed E-state index contributed by atoms with van der Waals surface area (Å²) in [6.07, 6.45) is 0.991. The summed E-state index contributed by atoms with van der Waals surface area (Å²) in [6, 6.07) is 20.2. The topological polar surface area (TPSA) is 33.2 Å². The fraction of sp³-hybridized carbons (Fsp3) is 0.143. The first-order valence-electron chi connectivity index (χ1n) is 8.53. The summed E-state index contributed by atoms with van der Waals surface area (Å²) in [5.74, 6) is -0.00127. The van der Waals surface area contributed by atoms with Crippen molar-refractivity contribution in [3.63, 3.8) is 0 Å². The van der Waals surface area contributed by atoms with E-state index >= 15 is 0 Å². The van der Waals surface area contributed by atoms with Crippen LogP contribution in [0.3, 0.4) is 0 Å². The summed E-state index contributed by atoms with van der Waals surface area (Å²) in [6.45, 7) is 2.66. The average Bonchev–Trinajstić information content (AvgIpc) is 3.35. The lowest BCUT2D eigenvalue weighted by atomic mass is 10.2. The number of thiophene rings is 1. The second kappa shape index (κ2) is 7.40. The van der Waals surface area contributed by atoms with Crippen LogP contribution < -0.4 is 4.90 Å². The lowest BCUT2D eigenvalue weighted by Crippen LogP contribution is -2.29. The molecular formula is C21H18N2OS2. The normalized spacial score (nSPS) is 11.0. The Kier molecular flexibility index (Phi) is 4.82. The van der Waals surface area contributed by atoms with E-state index in [9.17, 15) is 4.79 Å². The Labute approximate surface area is 160 Å². The number of amides is 1. The highest BCUT2D eigenvalue weighted by atomic mass is 32.1. The molecule has 4 aromatic rings. The van der Waals surface area contributed by atoms with Crippen LogP contribution in [0.4, 0.5) is 5.13 Å². The molecule has 2 heterocycles. The molecule has 2 aromatic heterocycles. The molecular weight excluding hydrogens is 360 g/mol. The van der Waals surface area contributed by atoms with Gasteiger partial charge < -0.3 is 0 Å². The highest BCUT2D eigenvalue weighted by Gasteiger charge is 2.22. The molecule has 0 spiro atoms. The number of fused-ring (bicyclic) bond motifs is 1. The Morgan fingerprint density at radius 1 is 1.04 bits per heavy atom. The van der Waals surface area contributed by atoms with E-state index < -0.39 is 0 Å². The minimum atomic E-state index is -0.00127. The molecule has 1 amide bonds. The fourth-order valence-corrected chi connectivity index (χ4v) is 4.52. The fourth-order valence-electron chi connectivity index (χ4n) is 2.82. The van der Waals surface area contributed by atoms with Crippen LogP contribution in [-0.4, -0.2) is 10.9 Å². The Hall–Kier alpha value is -2.50. The number of anilines is 1. The summed E-state index contributed by atoms with van der Waals surface area (Å²) >= 11 is 3.04. The number of aromatic nitrogens is 1. The first kappa shape index (κ1) is 16.9. The van der Waals surface area contributed by atoms with Gasteiger partial charge in [0.1, 0.15) is 0 Å². The molecule has 5 heteroatoms. The summed E-state index contributed by atoms with van der Waals surface area (Å²) in [5.41, 5.74) is 3.32. The van der Waals surface area contributed by atoms with E-state index in [0.717, 1.165) is 32.2 Å². The average molecular weight is 379 g/mol. The monoisotopic (exact) mass is 378 g/mol. The molecule has 26 heavy (non-hydrogen) atoms. The SMILES string of the molecule is CCc1ccc2nc(N(Cc3ccccc3)C(=O)c3cccs3)sc2c1. The van der Waals surface area contributed by atoms with Crippen molar-refractivity contribution in [1.29, 1.82) is 0 Å². The van der Waals surface area contributed by atoms with E-state index in [-0.39, 0.29) is 5.91 Å². The lowest BCUT2D eigenvalue weighted by molar-refractivity contribution is 0.0989. The quantitative estimate of drug-likeness (QED) is 0.442. The molecule has 0 aliphatic rings. The van der Waals surface area contributed by atoms with Gasteiger partial charge in [0.2, 0.25) is 0 Å². The van der Waals surface area contributed by atoms with E-state index in [0.29, 0.717) is 6.54 Å². The number of aryl methyl sites for hydroxylation is 1. The minimum Gasteiger partial charge on any atom is -0.279 e. The van der Waals surface area contributed by atoms with Gasteiger partial charge in [0, 0.05) is 0 Å². The van der Waals surface area contributed by atoms with Gasteiger partial charge >= 0.3 is 0 Å². The zero-order valence-corrected chi connectivity index (χ0v) is 16.0. The second-order valence-corrected chi connectivity index (χ2v) is 7.96. The zero-order valence-electron chi connectivity index (χ0n) is 14.4. The predicted molar refractivity (Wildman–Crippen MR) is 110 cm³/mol. The van der Waals surface area contributed by atoms with E-state index in [1.165, 1.54) is 16.9 Å². The van der Waals surface area contributed by atoms with E-state index in [2.05, 4.69) is 19.1 Å². The lowest BCUT2D eigenvalue weighted by Gasteiger charge is -2.19. The van der Waals surface area contributed by atoms with Gasteiger partial charge in [-0.2, -0.15) is 0 Å². The molecule has 4 rings (SSSR count). The molecule has 0 aliphatic heterocycles. The van der Waals surface area contributed by atoms with Crippen LogP contribution in [0, 0.1) is 0 Å². The third kappa shape index (κ3) is 3.41. The second-order valence-electron chi connectivity index (χ2n) is 6.01. The molecule has 0 radical (unpaired) electrons. The van der Waals surface area contributed by atoms with Crippen molar-refractivity contribution < 1.29 is 4.79 Å². The summed E-state index contributed by atoms with van der Waals surface area (Å²) < 4.78 is 1.12. The Bertz CT molecular complexity index is 1020. The maximum absolute atomic E-state index is 13.1. The molecule has 0 aliphatic carbocycles. The highest BCUT2D eigenvalue weighted by molar-refractivity contribution is 7.22. The predicted octanol–water partition coefficient (Wildman–Crippen LogP) is 5.77. The first-order chi connectivity index (χ1) is 12.7. The number of rotatable bonds is 5. The van der Waals surface area contributed by atoms with Gasteiger partial charge in [0.05, 0.1) is 21.6 Å². The molecule has 0 bridgehead atoms. The highest BCUT2D eigenvalue weighted by Crippen LogP contribution is 2.32. The van der Waals surface area contributed by atoms with Crippen molar-refractivity contribution >= 4 is 43.9 Å². The van der Waals surface area contributed by atoms with Gasteiger partial charge in [-0.1, -0.05) is 60.7 Å². The maximum Gasteiger partial charge on any atom is 0.270 e. The Balaban J connectivity index is 1.75. The number of nitrogens with zero attached hydrogens (tertiary/aromatic N) is 2. The molecule has 0 saturated heterocycles. The minimum absolute atomic E-state index is 0.00127. The van der Waals surface area contributed by atoms with Gasteiger partial charge in [-0.3, -0.25) is 9.69 Å². The van der Waals surface area contributed by atoms with Gasteiger partial charge in [0.25, 0.3) is 5.91 Å². The van der Waals surface area contributed by atoms with Crippen molar-refractivity contribution in [2.75, 3.05) is 4.90 Å². The zero-order chi connectivity index (χ0) is 17.9. The molecule has 3 nitrogen and oxygen atoms in total. The third-order valence-electron chi connectivity index (χ3n) is 4.24. The first-order valence-corrected chi connectivity index (χ1v) is 10.2. The number of benzene rings is 2. The van der Waals surface area contributed by atoms with Crippen molar-refractivity contribution in [1.82, 2.24) is 4.98 Å². The standard InChI is InChI=1S/C21H18N2OS2/c1-2-15-10-11-17-19(13-15)26-21(22-17)23(14-16-7-4-3-5-8-16)20(24)18-9-6-12-25-18/h3-13H,2,14H2,1H3. The number of hydrogen-bond donors (Lipinski definition) is 0. The summed E-state index contributed by atoms with van der Waals surface area (Å²) in [4.78, 5) is 20.4. The molecule has 0 unspecified atom stereocenters. The Morgan fingerprint density at radius 2 is 1.88 bits per heavy atom. The summed E-state index contributed by atoms with van der Waals surface area (Å²) in [5, 5.41) is 2.68. The van der Waals surface area contributed by atoms with Crippen LogP contribution in [0.5, 0.6) is 0 Å². The molecule has 2 aromatic carbocycles. The van der Waals surface area contributed by atoms with Gasteiger partial charge in [-0.25, -0.2) is 4.98 Å². The number of carbonyl (C=O) groups excluding carboxylic acids is 1. The van der Waals surface area contributed by atoms with Gasteiger partial charge in [0.15, 0.2) is 5.13 Å². The van der Waals surface area contributed by atoms with E-state index in [4.69, 9.17) is 4.98 Å². The maximum atomic E-state index is 13.1. The largest absolute Gasteiger partial charge is 0.279 e. The van der Waals surface area contributed by atoms with E-state index in [1.807, 2.05) is 53.9 Å². The van der Waals surface area contributed by atoms with Gasteiger partial charge in [-0.05, 0) is 41.1 Å². The van der Waals surface area contributed by atoms with Crippen LogP contribution in [0.15, 0.2) is 66.0 Å². The molecule has 0 atom stereocenters. The van der Waals surface area contributed by atoms with Crippen LogP contribution >= 0.6 is 22.7 Å². The van der Waals surface area contributed by atoms with Crippen LogP contribution in [0.25, 0.3) is 10.2 Å². The Morgan fingerprint density at radius 3 is 2.62 bits per heavy atom. The van der Waals surface area contributed by atoms with E-state index in [1.54, 1.807) is 16.2 Å². The number of carbonyl (C=O) groups is 1. The molecule has 0 N–H and O–H groups in total. The van der Waals surface area contributed by atoms with Crippen LogP contribution in [-0.2, 0) is 13.0 Å². The smallest absolute Gasteiger partial charge is 0.270 e. The van der Waals surface area contributed by atoms with Crippen molar-refractivity contribution in [3.05, 3.63) is 82.0 Å². The van der Waals surface area contributed by atoms with Gasteiger partial charge in [-0.15, -0.1) is 11.3 Å². The van der Waals surface area contributed by atoms with Crippen LogP contribution in [0.1, 0.15) is 27.7 Å².